The summed E-state index contributed by atoms with van der Waals surface area (Å²) in [4.78, 5) is 23.8. The topological polar surface area (TPSA) is 83.3 Å². The second-order valence-electron chi connectivity index (χ2n) is 5.00. The van der Waals surface area contributed by atoms with Gasteiger partial charge in [0.25, 0.3) is 5.56 Å². The van der Waals surface area contributed by atoms with Gasteiger partial charge in [-0.15, -0.1) is 5.10 Å². The number of benzene rings is 2. The molecule has 0 fully saturated rings. The Balaban J connectivity index is 1.70. The Labute approximate surface area is 137 Å². The summed E-state index contributed by atoms with van der Waals surface area (Å²) in [6, 6.07) is 13.7. The van der Waals surface area contributed by atoms with E-state index in [-0.39, 0.29) is 18.7 Å². The van der Waals surface area contributed by atoms with Gasteiger partial charge in [-0.05, 0) is 30.3 Å². The van der Waals surface area contributed by atoms with Crippen LogP contribution in [0.4, 0.5) is 0 Å². The highest BCUT2D eigenvalue weighted by atomic mass is 16.5. The molecule has 2 aromatic carbocycles. The number of nitrogens with zero attached hydrogens (tertiary/aromatic N) is 3. The lowest BCUT2D eigenvalue weighted by molar-refractivity contribution is 0.0600. The van der Waals surface area contributed by atoms with Gasteiger partial charge >= 0.3 is 5.97 Å². The maximum atomic E-state index is 12.3. The molecular formula is C17H15N3O4. The third-order valence-electron chi connectivity index (χ3n) is 3.46. The third kappa shape index (κ3) is 3.24. The molecule has 1 heterocycles. The molecule has 24 heavy (non-hydrogen) atoms. The second-order valence-corrected chi connectivity index (χ2v) is 5.00. The highest BCUT2D eigenvalue weighted by Crippen LogP contribution is 2.14. The molecule has 0 aliphatic heterocycles. The molecule has 0 bridgehead atoms. The van der Waals surface area contributed by atoms with Crippen LogP contribution in [0.3, 0.4) is 0 Å². The van der Waals surface area contributed by atoms with Crippen molar-refractivity contribution in [3.63, 3.8) is 0 Å². The third-order valence-corrected chi connectivity index (χ3v) is 3.46. The van der Waals surface area contributed by atoms with Crippen LogP contribution in [-0.4, -0.2) is 34.7 Å². The zero-order valence-electron chi connectivity index (χ0n) is 13.0. The van der Waals surface area contributed by atoms with Crippen LogP contribution in [0.1, 0.15) is 10.4 Å². The van der Waals surface area contributed by atoms with Crippen LogP contribution in [0, 0.1) is 0 Å². The van der Waals surface area contributed by atoms with Gasteiger partial charge in [0.15, 0.2) is 0 Å². The molecule has 0 aliphatic rings. The fourth-order valence-electron chi connectivity index (χ4n) is 2.25. The molecule has 1 aromatic heterocycles. The minimum atomic E-state index is -0.433. The van der Waals surface area contributed by atoms with Gasteiger partial charge < -0.3 is 9.47 Å². The summed E-state index contributed by atoms with van der Waals surface area (Å²) in [5.74, 6) is 0.0803. The van der Waals surface area contributed by atoms with E-state index in [1.807, 2.05) is 0 Å². The number of aromatic nitrogens is 3. The van der Waals surface area contributed by atoms with E-state index < -0.39 is 5.97 Å². The number of hydrogen-bond acceptors (Lipinski definition) is 6. The van der Waals surface area contributed by atoms with Crippen molar-refractivity contribution in [2.24, 2.45) is 0 Å². The monoisotopic (exact) mass is 325 g/mol. The van der Waals surface area contributed by atoms with E-state index in [1.54, 1.807) is 48.5 Å². The zero-order valence-corrected chi connectivity index (χ0v) is 13.0. The van der Waals surface area contributed by atoms with Crippen LogP contribution in [0.2, 0.25) is 0 Å². The van der Waals surface area contributed by atoms with Crippen LogP contribution in [0.25, 0.3) is 10.9 Å². The first-order valence-electron chi connectivity index (χ1n) is 7.33. The first-order valence-corrected chi connectivity index (χ1v) is 7.33. The summed E-state index contributed by atoms with van der Waals surface area (Å²) < 4.78 is 11.5. The second kappa shape index (κ2) is 6.91. The summed E-state index contributed by atoms with van der Waals surface area (Å²) in [6.45, 7) is 0.469. The molecule has 0 aliphatic carbocycles. The number of esters is 1. The van der Waals surface area contributed by atoms with Crippen LogP contribution in [0.15, 0.2) is 53.3 Å². The first kappa shape index (κ1) is 15.7. The van der Waals surface area contributed by atoms with Gasteiger partial charge in [-0.1, -0.05) is 23.4 Å². The van der Waals surface area contributed by atoms with E-state index in [2.05, 4.69) is 15.0 Å². The molecule has 0 N–H and O–H groups in total. The van der Waals surface area contributed by atoms with E-state index in [0.29, 0.717) is 22.2 Å². The predicted octanol–water partition coefficient (Wildman–Crippen LogP) is 1.66. The lowest BCUT2D eigenvalue weighted by Gasteiger charge is -2.08. The van der Waals surface area contributed by atoms with Gasteiger partial charge in [0.1, 0.15) is 17.9 Å². The predicted molar refractivity (Wildman–Crippen MR) is 87.1 cm³/mol. The van der Waals surface area contributed by atoms with Gasteiger partial charge in [-0.3, -0.25) is 4.79 Å². The molecule has 0 unspecified atom stereocenters. The lowest BCUT2D eigenvalue weighted by Crippen LogP contribution is -2.26. The van der Waals surface area contributed by atoms with E-state index >= 15 is 0 Å². The summed E-state index contributed by atoms with van der Waals surface area (Å²) in [6.07, 6.45) is 0. The smallest absolute Gasteiger partial charge is 0.337 e. The van der Waals surface area contributed by atoms with Crippen molar-refractivity contribution in [2.45, 2.75) is 6.54 Å². The van der Waals surface area contributed by atoms with Crippen LogP contribution < -0.4 is 10.3 Å². The molecule has 3 rings (SSSR count). The standard InChI is InChI=1S/C17H15N3O4/c1-23-17(22)12-5-4-6-13(11-12)24-10-9-20-16(21)14-7-2-3-8-15(14)18-19-20/h2-8,11H,9-10H2,1H3. The maximum Gasteiger partial charge on any atom is 0.337 e. The molecule has 7 nitrogen and oxygen atoms in total. The first-order chi connectivity index (χ1) is 11.7. The van der Waals surface area contributed by atoms with Gasteiger partial charge in [-0.2, -0.15) is 0 Å². The zero-order chi connectivity index (χ0) is 16.9. The average molecular weight is 325 g/mol. The van der Waals surface area contributed by atoms with Crippen molar-refractivity contribution >= 4 is 16.9 Å². The molecule has 0 saturated heterocycles. The molecule has 0 atom stereocenters. The van der Waals surface area contributed by atoms with Crippen molar-refractivity contribution in [2.75, 3.05) is 13.7 Å². The molecule has 3 aromatic rings. The Morgan fingerprint density at radius 1 is 1.17 bits per heavy atom. The van der Waals surface area contributed by atoms with Crippen molar-refractivity contribution in [1.82, 2.24) is 15.0 Å². The van der Waals surface area contributed by atoms with Crippen LogP contribution in [-0.2, 0) is 11.3 Å². The fourth-order valence-corrected chi connectivity index (χ4v) is 2.25. The van der Waals surface area contributed by atoms with Crippen molar-refractivity contribution in [1.29, 1.82) is 0 Å². The highest BCUT2D eigenvalue weighted by molar-refractivity contribution is 5.89. The van der Waals surface area contributed by atoms with Crippen molar-refractivity contribution in [3.8, 4) is 5.75 Å². The lowest BCUT2D eigenvalue weighted by atomic mass is 10.2. The van der Waals surface area contributed by atoms with Crippen molar-refractivity contribution < 1.29 is 14.3 Å². The summed E-state index contributed by atoms with van der Waals surface area (Å²) >= 11 is 0. The van der Waals surface area contributed by atoms with Gasteiger partial charge in [0.2, 0.25) is 0 Å². The average Bonchev–Trinajstić information content (AvgIpc) is 2.63. The van der Waals surface area contributed by atoms with Gasteiger partial charge in [0, 0.05) is 0 Å². The summed E-state index contributed by atoms with van der Waals surface area (Å²) in [7, 11) is 1.32. The minimum absolute atomic E-state index is 0.215. The molecule has 0 radical (unpaired) electrons. The molecule has 122 valence electrons. The maximum absolute atomic E-state index is 12.3. The fraction of sp³-hybridized carbons (Fsp3) is 0.176. The normalized spacial score (nSPS) is 10.5. The van der Waals surface area contributed by atoms with E-state index in [9.17, 15) is 9.59 Å². The Morgan fingerprint density at radius 2 is 2.00 bits per heavy atom. The molecule has 0 amide bonds. The quantitative estimate of drug-likeness (QED) is 0.663. The summed E-state index contributed by atoms with van der Waals surface area (Å²) in [5, 5.41) is 8.42. The Morgan fingerprint density at radius 3 is 2.83 bits per heavy atom. The number of rotatable bonds is 5. The molecule has 0 spiro atoms. The minimum Gasteiger partial charge on any atom is -0.492 e. The number of carbonyl (C=O) groups excluding carboxylic acids is 1. The van der Waals surface area contributed by atoms with E-state index in [4.69, 9.17) is 4.74 Å². The van der Waals surface area contributed by atoms with Gasteiger partial charge in [0.05, 0.1) is 24.6 Å². The van der Waals surface area contributed by atoms with Crippen molar-refractivity contribution in [3.05, 3.63) is 64.4 Å². The Bertz CT molecular complexity index is 936. The number of methoxy groups -OCH3 is 1. The number of ether oxygens (including phenoxy) is 2. The highest BCUT2D eigenvalue weighted by Gasteiger charge is 2.07. The molecule has 7 heteroatoms. The summed E-state index contributed by atoms with van der Waals surface area (Å²) in [5.41, 5.74) is 0.746. The number of fused-ring (bicyclic) bond motifs is 1. The number of carbonyl (C=O) groups is 1. The SMILES string of the molecule is COC(=O)c1cccc(OCCn2nnc3ccccc3c2=O)c1. The Kier molecular flexibility index (Phi) is 4.51. The van der Waals surface area contributed by atoms with E-state index in [1.165, 1.54) is 11.8 Å². The largest absolute Gasteiger partial charge is 0.492 e. The molecule has 0 saturated carbocycles. The van der Waals surface area contributed by atoms with E-state index in [0.717, 1.165) is 0 Å². The number of hydrogen-bond donors (Lipinski definition) is 0. The Hall–Kier alpha value is -3.22. The molecular weight excluding hydrogens is 310 g/mol. The van der Waals surface area contributed by atoms with Crippen LogP contribution >= 0.6 is 0 Å². The van der Waals surface area contributed by atoms with Gasteiger partial charge in [-0.25, -0.2) is 9.48 Å². The van der Waals surface area contributed by atoms with Crippen LogP contribution in [0.5, 0.6) is 5.75 Å².